The highest BCUT2D eigenvalue weighted by Crippen LogP contribution is 2.38. The molecule has 4 atom stereocenters. The van der Waals surface area contributed by atoms with E-state index in [4.69, 9.17) is 5.73 Å². The van der Waals surface area contributed by atoms with E-state index in [2.05, 4.69) is 40.3 Å². The molecule has 0 aromatic heterocycles. The van der Waals surface area contributed by atoms with Crippen LogP contribution in [0.15, 0.2) is 12.7 Å². The molecule has 0 bridgehead atoms. The van der Waals surface area contributed by atoms with E-state index >= 15 is 0 Å². The summed E-state index contributed by atoms with van der Waals surface area (Å²) < 4.78 is 0. The number of allylic oxidation sites excluding steroid dienone is 1. The Morgan fingerprint density at radius 2 is 1.70 bits per heavy atom. The number of nitrogens with two attached hydrogens (primary N) is 1. The van der Waals surface area contributed by atoms with E-state index in [0.29, 0.717) is 23.8 Å². The van der Waals surface area contributed by atoms with Crippen LogP contribution in [0, 0.1) is 29.6 Å². The Kier molecular flexibility index (Phi) is 7.87. The third-order valence-corrected chi connectivity index (χ3v) is 6.02. The molecule has 1 aliphatic rings. The zero-order chi connectivity index (χ0) is 15.1. The minimum absolute atomic E-state index is 0.350. The van der Waals surface area contributed by atoms with Crippen molar-refractivity contribution in [2.24, 2.45) is 35.3 Å². The SMILES string of the molecule is C=CC(CC(C)C(N)C(CC)CC)C(C)C1CCCC1. The first-order valence-electron chi connectivity index (χ1n) is 8.93. The maximum absolute atomic E-state index is 6.50. The highest BCUT2D eigenvalue weighted by Gasteiger charge is 2.29. The van der Waals surface area contributed by atoms with E-state index in [1.807, 2.05) is 0 Å². The van der Waals surface area contributed by atoms with Crippen molar-refractivity contribution in [1.29, 1.82) is 0 Å². The van der Waals surface area contributed by atoms with Crippen molar-refractivity contribution in [3.05, 3.63) is 12.7 Å². The molecule has 118 valence electrons. The van der Waals surface area contributed by atoms with E-state index in [0.717, 1.165) is 11.8 Å². The highest BCUT2D eigenvalue weighted by atomic mass is 14.7. The molecule has 0 heterocycles. The van der Waals surface area contributed by atoms with Gasteiger partial charge < -0.3 is 5.73 Å². The Balaban J connectivity index is 2.55. The van der Waals surface area contributed by atoms with Crippen LogP contribution in [0.3, 0.4) is 0 Å². The lowest BCUT2D eigenvalue weighted by Gasteiger charge is -2.33. The van der Waals surface area contributed by atoms with Crippen LogP contribution >= 0.6 is 0 Å². The molecule has 1 saturated carbocycles. The minimum Gasteiger partial charge on any atom is -0.327 e. The van der Waals surface area contributed by atoms with Crippen LogP contribution < -0.4 is 5.73 Å². The van der Waals surface area contributed by atoms with E-state index in [1.165, 1.54) is 44.9 Å². The van der Waals surface area contributed by atoms with Crippen molar-refractivity contribution >= 4 is 0 Å². The zero-order valence-corrected chi connectivity index (χ0v) is 14.3. The van der Waals surface area contributed by atoms with E-state index < -0.39 is 0 Å². The molecular weight excluding hydrogens is 242 g/mol. The average molecular weight is 280 g/mol. The van der Waals surface area contributed by atoms with Gasteiger partial charge in [0, 0.05) is 6.04 Å². The molecule has 1 fully saturated rings. The second-order valence-electron chi connectivity index (χ2n) is 7.17. The monoisotopic (exact) mass is 279 g/mol. The van der Waals surface area contributed by atoms with Gasteiger partial charge in [0.15, 0.2) is 0 Å². The predicted octanol–water partition coefficient (Wildman–Crippen LogP) is 5.40. The third-order valence-electron chi connectivity index (χ3n) is 6.02. The van der Waals surface area contributed by atoms with Gasteiger partial charge in [0.25, 0.3) is 0 Å². The van der Waals surface area contributed by atoms with Gasteiger partial charge in [0.2, 0.25) is 0 Å². The van der Waals surface area contributed by atoms with Crippen LogP contribution in [0.2, 0.25) is 0 Å². The maximum atomic E-state index is 6.50. The van der Waals surface area contributed by atoms with Crippen molar-refractivity contribution in [2.75, 3.05) is 0 Å². The summed E-state index contributed by atoms with van der Waals surface area (Å²) in [6.45, 7) is 13.4. The summed E-state index contributed by atoms with van der Waals surface area (Å²) in [6, 6.07) is 0.350. The molecule has 0 aromatic rings. The van der Waals surface area contributed by atoms with E-state index in [-0.39, 0.29) is 0 Å². The van der Waals surface area contributed by atoms with E-state index in [1.54, 1.807) is 0 Å². The molecule has 1 rings (SSSR count). The van der Waals surface area contributed by atoms with Gasteiger partial charge in [0.05, 0.1) is 0 Å². The van der Waals surface area contributed by atoms with Gasteiger partial charge in [-0.2, -0.15) is 0 Å². The maximum Gasteiger partial charge on any atom is 0.00930 e. The van der Waals surface area contributed by atoms with Gasteiger partial charge in [-0.15, -0.1) is 6.58 Å². The molecular formula is C19H37N. The standard InChI is InChI=1S/C19H37N/c1-6-16(7-2)19(20)14(4)13-17(8-3)15(5)18-11-9-10-12-18/h8,14-19H,3,6-7,9-13,20H2,1-2,4-5H3. The van der Waals surface area contributed by atoms with Crippen LogP contribution in [0.4, 0.5) is 0 Å². The van der Waals surface area contributed by atoms with Crippen molar-refractivity contribution in [2.45, 2.75) is 78.7 Å². The summed E-state index contributed by atoms with van der Waals surface area (Å²) in [5, 5.41) is 0. The van der Waals surface area contributed by atoms with Gasteiger partial charge in [-0.3, -0.25) is 0 Å². The van der Waals surface area contributed by atoms with Gasteiger partial charge in [-0.25, -0.2) is 0 Å². The van der Waals surface area contributed by atoms with Gasteiger partial charge >= 0.3 is 0 Å². The van der Waals surface area contributed by atoms with Crippen LogP contribution in [0.5, 0.6) is 0 Å². The molecule has 0 aromatic carbocycles. The van der Waals surface area contributed by atoms with Crippen LogP contribution in [0.25, 0.3) is 0 Å². The lowest BCUT2D eigenvalue weighted by Crippen LogP contribution is -2.37. The molecule has 20 heavy (non-hydrogen) atoms. The Bertz CT molecular complexity index is 263. The van der Waals surface area contributed by atoms with Crippen LogP contribution in [-0.4, -0.2) is 6.04 Å². The molecule has 0 amide bonds. The topological polar surface area (TPSA) is 26.0 Å². The summed E-state index contributed by atoms with van der Waals surface area (Å²) >= 11 is 0. The van der Waals surface area contributed by atoms with Gasteiger partial charge in [-0.05, 0) is 36.0 Å². The Hall–Kier alpha value is -0.300. The van der Waals surface area contributed by atoms with Crippen molar-refractivity contribution in [1.82, 2.24) is 0 Å². The van der Waals surface area contributed by atoms with Crippen molar-refractivity contribution in [3.8, 4) is 0 Å². The molecule has 0 aliphatic heterocycles. The molecule has 0 radical (unpaired) electrons. The fraction of sp³-hybridized carbons (Fsp3) is 0.895. The van der Waals surface area contributed by atoms with Crippen molar-refractivity contribution < 1.29 is 0 Å². The molecule has 0 saturated heterocycles. The van der Waals surface area contributed by atoms with Crippen molar-refractivity contribution in [3.63, 3.8) is 0 Å². The predicted molar refractivity (Wildman–Crippen MR) is 90.6 cm³/mol. The number of hydrogen-bond donors (Lipinski definition) is 1. The van der Waals surface area contributed by atoms with Crippen LogP contribution in [0.1, 0.15) is 72.6 Å². The summed E-state index contributed by atoms with van der Waals surface area (Å²) in [5.74, 6) is 3.64. The molecule has 4 unspecified atom stereocenters. The largest absolute Gasteiger partial charge is 0.327 e. The smallest absolute Gasteiger partial charge is 0.00930 e. The first-order chi connectivity index (χ1) is 9.54. The van der Waals surface area contributed by atoms with Gasteiger partial charge in [0.1, 0.15) is 0 Å². The second-order valence-corrected chi connectivity index (χ2v) is 7.17. The summed E-state index contributed by atoms with van der Waals surface area (Å²) in [4.78, 5) is 0. The quantitative estimate of drug-likeness (QED) is 0.561. The Labute approximate surface area is 127 Å². The lowest BCUT2D eigenvalue weighted by atomic mass is 9.74. The summed E-state index contributed by atoms with van der Waals surface area (Å²) in [7, 11) is 0. The molecule has 1 aliphatic carbocycles. The first kappa shape index (κ1) is 17.8. The third kappa shape index (κ3) is 4.62. The Morgan fingerprint density at radius 1 is 1.15 bits per heavy atom. The highest BCUT2D eigenvalue weighted by molar-refractivity contribution is 4.90. The summed E-state index contributed by atoms with van der Waals surface area (Å²) in [6.07, 6.45) is 11.6. The lowest BCUT2D eigenvalue weighted by molar-refractivity contribution is 0.218. The fourth-order valence-corrected chi connectivity index (χ4v) is 4.24. The van der Waals surface area contributed by atoms with Crippen LogP contribution in [-0.2, 0) is 0 Å². The van der Waals surface area contributed by atoms with E-state index in [9.17, 15) is 0 Å². The molecule has 1 nitrogen and oxygen atoms in total. The summed E-state index contributed by atoms with van der Waals surface area (Å²) in [5.41, 5.74) is 6.50. The first-order valence-corrected chi connectivity index (χ1v) is 8.93. The fourth-order valence-electron chi connectivity index (χ4n) is 4.24. The number of rotatable bonds is 9. The average Bonchev–Trinajstić information content (AvgIpc) is 2.99. The molecule has 1 heteroatoms. The second kappa shape index (κ2) is 8.87. The van der Waals surface area contributed by atoms with Gasteiger partial charge in [-0.1, -0.05) is 72.3 Å². The minimum atomic E-state index is 0.350. The molecule has 0 spiro atoms. The zero-order valence-electron chi connectivity index (χ0n) is 14.3. The molecule has 2 N–H and O–H groups in total. The normalized spacial score (nSPS) is 22.7. The number of hydrogen-bond acceptors (Lipinski definition) is 1. The Morgan fingerprint density at radius 3 is 2.15 bits per heavy atom.